The fraction of sp³-hybridized carbons (Fsp3) is 0.625. The third-order valence-corrected chi connectivity index (χ3v) is 4.23. The van der Waals surface area contributed by atoms with Gasteiger partial charge in [-0.3, -0.25) is 0 Å². The summed E-state index contributed by atoms with van der Waals surface area (Å²) in [4.78, 5) is 0. The summed E-state index contributed by atoms with van der Waals surface area (Å²) in [5.41, 5.74) is 5.38. The molecule has 1 saturated heterocycles. The van der Waals surface area contributed by atoms with Crippen molar-refractivity contribution in [2.45, 2.75) is 12.8 Å². The molecule has 1 aromatic rings. The van der Waals surface area contributed by atoms with Crippen LogP contribution in [0.2, 0.25) is 0 Å². The highest BCUT2D eigenvalue weighted by atomic mass is 32.2. The molecule has 2 N–H and O–H groups in total. The number of anilines is 1. The molecule has 0 spiro atoms. The molecule has 0 bridgehead atoms. The molecule has 14 heavy (non-hydrogen) atoms. The van der Waals surface area contributed by atoms with Gasteiger partial charge < -0.3 is 10.3 Å². The van der Waals surface area contributed by atoms with Crippen molar-refractivity contribution in [3.05, 3.63) is 11.8 Å². The molecule has 1 aliphatic rings. The van der Waals surface area contributed by atoms with Crippen LogP contribution in [0.25, 0.3) is 0 Å². The van der Waals surface area contributed by atoms with Crippen LogP contribution in [0.1, 0.15) is 12.2 Å². The molecule has 78 valence electrons. The summed E-state index contributed by atoms with van der Waals surface area (Å²) in [5.74, 6) is 1.73. The number of hydrogen-bond acceptors (Lipinski definition) is 5. The summed E-state index contributed by atoms with van der Waals surface area (Å²) in [6.07, 6.45) is 1.33. The topological polar surface area (TPSA) is 86.2 Å². The Morgan fingerprint density at radius 2 is 2.43 bits per heavy atom. The van der Waals surface area contributed by atoms with Crippen molar-refractivity contribution < 1.29 is 12.9 Å². The van der Waals surface area contributed by atoms with Crippen molar-refractivity contribution in [3.63, 3.8) is 0 Å². The van der Waals surface area contributed by atoms with E-state index in [1.54, 1.807) is 6.07 Å². The largest absolute Gasteiger partial charge is 0.381 e. The standard InChI is InChI=1S/C8H12N2O3S/c9-8-4-7(13-10-8)3-6-1-2-14(11,12)5-6/h4,6H,1-3,5H2,(H2,9,10). The maximum Gasteiger partial charge on any atom is 0.167 e. The van der Waals surface area contributed by atoms with Gasteiger partial charge in [-0.05, 0) is 12.3 Å². The predicted octanol–water partition coefficient (Wildman–Crippen LogP) is 0.234. The maximum absolute atomic E-state index is 11.2. The highest BCUT2D eigenvalue weighted by molar-refractivity contribution is 7.91. The van der Waals surface area contributed by atoms with Crippen molar-refractivity contribution in [3.8, 4) is 0 Å². The molecule has 0 aliphatic carbocycles. The van der Waals surface area contributed by atoms with E-state index in [-0.39, 0.29) is 11.7 Å². The second-order valence-corrected chi connectivity index (χ2v) is 5.92. The van der Waals surface area contributed by atoms with Crippen molar-refractivity contribution in [1.29, 1.82) is 0 Å². The number of aromatic nitrogens is 1. The van der Waals surface area contributed by atoms with Crippen LogP contribution < -0.4 is 5.73 Å². The van der Waals surface area contributed by atoms with Gasteiger partial charge in [0, 0.05) is 12.5 Å². The minimum absolute atomic E-state index is 0.160. The first-order valence-electron chi connectivity index (χ1n) is 4.47. The molecule has 0 saturated carbocycles. The molecule has 0 amide bonds. The molecular weight excluding hydrogens is 204 g/mol. The van der Waals surface area contributed by atoms with Gasteiger partial charge in [-0.15, -0.1) is 0 Å². The molecule has 1 unspecified atom stereocenters. The minimum Gasteiger partial charge on any atom is -0.381 e. The van der Waals surface area contributed by atoms with Gasteiger partial charge in [0.25, 0.3) is 0 Å². The second-order valence-electron chi connectivity index (χ2n) is 3.69. The zero-order valence-electron chi connectivity index (χ0n) is 7.64. The Morgan fingerprint density at radius 1 is 1.64 bits per heavy atom. The number of nitrogens with two attached hydrogens (primary N) is 1. The summed E-state index contributed by atoms with van der Waals surface area (Å²) in [5, 5.41) is 3.55. The fourth-order valence-electron chi connectivity index (χ4n) is 1.74. The lowest BCUT2D eigenvalue weighted by atomic mass is 10.0. The quantitative estimate of drug-likeness (QED) is 0.765. The molecule has 0 radical (unpaired) electrons. The predicted molar refractivity (Wildman–Crippen MR) is 51.4 cm³/mol. The van der Waals surface area contributed by atoms with Crippen LogP contribution in [0.5, 0.6) is 0 Å². The van der Waals surface area contributed by atoms with E-state index in [0.29, 0.717) is 30.2 Å². The van der Waals surface area contributed by atoms with Gasteiger partial charge in [-0.1, -0.05) is 5.16 Å². The van der Waals surface area contributed by atoms with E-state index in [0.717, 1.165) is 0 Å². The Bertz CT molecular complexity index is 424. The highest BCUT2D eigenvalue weighted by Gasteiger charge is 2.28. The highest BCUT2D eigenvalue weighted by Crippen LogP contribution is 2.23. The lowest BCUT2D eigenvalue weighted by molar-refractivity contribution is 0.367. The van der Waals surface area contributed by atoms with Gasteiger partial charge >= 0.3 is 0 Å². The molecule has 6 heteroatoms. The Kier molecular flexibility index (Phi) is 2.22. The van der Waals surface area contributed by atoms with Crippen LogP contribution in [0.15, 0.2) is 10.6 Å². The average Bonchev–Trinajstić information content (AvgIpc) is 2.59. The van der Waals surface area contributed by atoms with Crippen molar-refractivity contribution in [2.75, 3.05) is 17.2 Å². The van der Waals surface area contributed by atoms with Gasteiger partial charge in [0.15, 0.2) is 15.7 Å². The molecule has 1 fully saturated rings. The molecule has 0 aromatic carbocycles. The Labute approximate surface area is 82.2 Å². The smallest absolute Gasteiger partial charge is 0.167 e. The number of rotatable bonds is 2. The molecule has 1 atom stereocenters. The first-order chi connectivity index (χ1) is 6.55. The van der Waals surface area contributed by atoms with Crippen molar-refractivity contribution in [2.24, 2.45) is 5.92 Å². The van der Waals surface area contributed by atoms with Crippen molar-refractivity contribution >= 4 is 15.7 Å². The van der Waals surface area contributed by atoms with E-state index >= 15 is 0 Å². The third-order valence-electron chi connectivity index (χ3n) is 2.39. The van der Waals surface area contributed by atoms with Gasteiger partial charge in [-0.2, -0.15) is 0 Å². The molecule has 1 aliphatic heterocycles. The van der Waals surface area contributed by atoms with E-state index in [4.69, 9.17) is 10.3 Å². The van der Waals surface area contributed by atoms with Gasteiger partial charge in [0.05, 0.1) is 11.5 Å². The van der Waals surface area contributed by atoms with Crippen LogP contribution in [-0.2, 0) is 16.3 Å². The molecule has 2 heterocycles. The van der Waals surface area contributed by atoms with E-state index < -0.39 is 9.84 Å². The number of nitrogens with zero attached hydrogens (tertiary/aromatic N) is 1. The van der Waals surface area contributed by atoms with Crippen LogP contribution >= 0.6 is 0 Å². The zero-order valence-corrected chi connectivity index (χ0v) is 8.46. The summed E-state index contributed by atoms with van der Waals surface area (Å²) < 4.78 is 27.3. The average molecular weight is 216 g/mol. The van der Waals surface area contributed by atoms with Crippen LogP contribution in [-0.4, -0.2) is 25.1 Å². The lowest BCUT2D eigenvalue weighted by Gasteiger charge is -2.01. The fourth-order valence-corrected chi connectivity index (χ4v) is 3.60. The van der Waals surface area contributed by atoms with Gasteiger partial charge in [-0.25, -0.2) is 8.42 Å². The Morgan fingerprint density at radius 3 is 2.93 bits per heavy atom. The lowest BCUT2D eigenvalue weighted by Crippen LogP contribution is -2.06. The van der Waals surface area contributed by atoms with E-state index in [1.807, 2.05) is 0 Å². The van der Waals surface area contributed by atoms with E-state index in [1.165, 1.54) is 0 Å². The summed E-state index contributed by atoms with van der Waals surface area (Å²) >= 11 is 0. The van der Waals surface area contributed by atoms with Gasteiger partial charge in [0.1, 0.15) is 5.76 Å². The first kappa shape index (κ1) is 9.51. The van der Waals surface area contributed by atoms with Crippen LogP contribution in [0.3, 0.4) is 0 Å². The normalized spacial score (nSPS) is 25.3. The number of hydrogen-bond donors (Lipinski definition) is 1. The third kappa shape index (κ3) is 2.06. The molecule has 5 nitrogen and oxygen atoms in total. The second kappa shape index (κ2) is 3.27. The van der Waals surface area contributed by atoms with Gasteiger partial charge in [0.2, 0.25) is 0 Å². The zero-order chi connectivity index (χ0) is 10.2. The summed E-state index contributed by atoms with van der Waals surface area (Å²) in [7, 11) is -2.80. The SMILES string of the molecule is Nc1cc(CC2CCS(=O)(=O)C2)on1. The maximum atomic E-state index is 11.2. The molecule has 2 rings (SSSR count). The Hall–Kier alpha value is -1.04. The monoisotopic (exact) mass is 216 g/mol. The number of sulfone groups is 1. The van der Waals surface area contributed by atoms with Crippen LogP contribution in [0.4, 0.5) is 5.82 Å². The summed E-state index contributed by atoms with van der Waals surface area (Å²) in [6.45, 7) is 0. The first-order valence-corrected chi connectivity index (χ1v) is 6.29. The van der Waals surface area contributed by atoms with E-state index in [2.05, 4.69) is 5.16 Å². The Balaban J connectivity index is 2.00. The summed E-state index contributed by atoms with van der Waals surface area (Å²) in [6, 6.07) is 1.64. The number of nitrogen functional groups attached to an aromatic ring is 1. The minimum atomic E-state index is -2.80. The van der Waals surface area contributed by atoms with Crippen molar-refractivity contribution in [1.82, 2.24) is 5.16 Å². The molecule has 1 aromatic heterocycles. The molecular formula is C8H12N2O3S. The van der Waals surface area contributed by atoms with Crippen LogP contribution in [0, 0.1) is 5.92 Å². The van der Waals surface area contributed by atoms with E-state index in [9.17, 15) is 8.42 Å².